The molecule has 0 aliphatic rings. The summed E-state index contributed by atoms with van der Waals surface area (Å²) < 4.78 is 38.8. The number of alkyl halides is 3. The lowest BCUT2D eigenvalue weighted by atomic mass is 10.2. The zero-order chi connectivity index (χ0) is 16.8. The smallest absolute Gasteiger partial charge is 0.508 e. The summed E-state index contributed by atoms with van der Waals surface area (Å²) in [5, 5.41) is 14.1. The molecule has 1 aromatic rings. The Kier molecular flexibility index (Phi) is 6.38. The summed E-state index contributed by atoms with van der Waals surface area (Å²) >= 11 is 5.81. The van der Waals surface area contributed by atoms with Crippen molar-refractivity contribution in [3.63, 3.8) is 0 Å². The number of halogens is 4. The molecule has 122 valence electrons. The largest absolute Gasteiger partial charge is 0.522 e. The molecule has 0 aromatic heterocycles. The fourth-order valence-corrected chi connectivity index (χ4v) is 1.61. The SMILES string of the molecule is O=NN(CCOC(F)(F)F)C(=O)NCc1ccc(O)cc1Cl. The zero-order valence-electron chi connectivity index (χ0n) is 10.9. The predicted octanol–water partition coefficient (Wildman–Crippen LogP) is 2.78. The first kappa shape index (κ1) is 18.0. The molecular formula is C11H11ClF3N3O4. The predicted molar refractivity (Wildman–Crippen MR) is 69.9 cm³/mol. The molecule has 0 spiro atoms. The third-order valence-electron chi connectivity index (χ3n) is 2.37. The first-order valence-corrected chi connectivity index (χ1v) is 6.17. The molecule has 1 aromatic carbocycles. The summed E-state index contributed by atoms with van der Waals surface area (Å²) in [6.07, 6.45) is -4.86. The minimum Gasteiger partial charge on any atom is -0.508 e. The van der Waals surface area contributed by atoms with E-state index < -0.39 is 25.5 Å². The number of carbonyl (C=O) groups is 1. The van der Waals surface area contributed by atoms with Crippen LogP contribution in [0.3, 0.4) is 0 Å². The number of hydrogen-bond acceptors (Lipinski definition) is 5. The maximum Gasteiger partial charge on any atom is 0.522 e. The zero-order valence-corrected chi connectivity index (χ0v) is 11.7. The summed E-state index contributed by atoms with van der Waals surface area (Å²) in [5.74, 6) is -0.0689. The number of ether oxygens (including phenoxy) is 1. The Balaban J connectivity index is 2.49. The van der Waals surface area contributed by atoms with Crippen LogP contribution in [0.5, 0.6) is 5.75 Å². The molecule has 1 rings (SSSR count). The van der Waals surface area contributed by atoms with Gasteiger partial charge in [0, 0.05) is 11.6 Å². The van der Waals surface area contributed by atoms with Crippen LogP contribution in [0.15, 0.2) is 23.5 Å². The Morgan fingerprint density at radius 3 is 2.68 bits per heavy atom. The van der Waals surface area contributed by atoms with Gasteiger partial charge in [-0.2, -0.15) is 5.01 Å². The van der Waals surface area contributed by atoms with Crippen molar-refractivity contribution in [2.75, 3.05) is 13.2 Å². The van der Waals surface area contributed by atoms with E-state index >= 15 is 0 Å². The molecule has 0 aliphatic heterocycles. The summed E-state index contributed by atoms with van der Waals surface area (Å²) in [5.41, 5.74) is 0.435. The van der Waals surface area contributed by atoms with Gasteiger partial charge in [-0.15, -0.1) is 18.1 Å². The first-order valence-electron chi connectivity index (χ1n) is 5.79. The molecule has 22 heavy (non-hydrogen) atoms. The molecule has 0 heterocycles. The topological polar surface area (TPSA) is 91.2 Å². The number of benzene rings is 1. The van der Waals surface area contributed by atoms with Crippen LogP contribution in [0.4, 0.5) is 18.0 Å². The minimum absolute atomic E-state index is 0.0689. The number of nitrogens with one attached hydrogen (secondary N) is 1. The van der Waals surface area contributed by atoms with Crippen LogP contribution in [0.1, 0.15) is 5.56 Å². The van der Waals surface area contributed by atoms with Gasteiger partial charge in [0.15, 0.2) is 0 Å². The van der Waals surface area contributed by atoms with E-state index in [1.54, 1.807) is 0 Å². The van der Waals surface area contributed by atoms with Crippen molar-refractivity contribution >= 4 is 17.6 Å². The highest BCUT2D eigenvalue weighted by Crippen LogP contribution is 2.21. The van der Waals surface area contributed by atoms with Crippen molar-refractivity contribution in [3.8, 4) is 5.75 Å². The van der Waals surface area contributed by atoms with Gasteiger partial charge >= 0.3 is 12.4 Å². The molecule has 0 saturated heterocycles. The van der Waals surface area contributed by atoms with Crippen LogP contribution in [0.25, 0.3) is 0 Å². The second-order valence-electron chi connectivity index (χ2n) is 3.93. The van der Waals surface area contributed by atoms with Crippen molar-refractivity contribution in [2.45, 2.75) is 12.9 Å². The van der Waals surface area contributed by atoms with E-state index in [-0.39, 0.29) is 22.3 Å². The Morgan fingerprint density at radius 1 is 1.45 bits per heavy atom. The summed E-state index contributed by atoms with van der Waals surface area (Å²) in [6, 6.07) is 3.00. The molecule has 0 radical (unpaired) electrons. The van der Waals surface area contributed by atoms with Gasteiger partial charge in [0.1, 0.15) is 5.75 Å². The fraction of sp³-hybridized carbons (Fsp3) is 0.364. The monoisotopic (exact) mass is 341 g/mol. The number of hydrogen-bond donors (Lipinski definition) is 2. The fourth-order valence-electron chi connectivity index (χ4n) is 1.37. The van der Waals surface area contributed by atoms with Crippen LogP contribution in [-0.4, -0.2) is 35.7 Å². The third kappa shape index (κ3) is 6.14. The van der Waals surface area contributed by atoms with Gasteiger partial charge in [-0.3, -0.25) is 4.74 Å². The van der Waals surface area contributed by atoms with Crippen LogP contribution < -0.4 is 5.32 Å². The molecule has 0 aliphatic carbocycles. The van der Waals surface area contributed by atoms with Crippen molar-refractivity contribution in [1.29, 1.82) is 0 Å². The Bertz CT molecular complexity index is 542. The lowest BCUT2D eigenvalue weighted by molar-refractivity contribution is -0.324. The molecule has 0 saturated carbocycles. The first-order chi connectivity index (χ1) is 10.2. The third-order valence-corrected chi connectivity index (χ3v) is 2.72. The Hall–Kier alpha value is -2.07. The molecular weight excluding hydrogens is 331 g/mol. The summed E-state index contributed by atoms with van der Waals surface area (Å²) in [4.78, 5) is 22.0. The summed E-state index contributed by atoms with van der Waals surface area (Å²) in [7, 11) is 0. The van der Waals surface area contributed by atoms with Gasteiger partial charge in [-0.25, -0.2) is 4.79 Å². The van der Waals surface area contributed by atoms with Crippen molar-refractivity contribution < 1.29 is 27.8 Å². The van der Waals surface area contributed by atoms with E-state index in [4.69, 9.17) is 16.7 Å². The van der Waals surface area contributed by atoms with E-state index in [2.05, 4.69) is 15.3 Å². The number of phenolic OH excluding ortho intramolecular Hbond substituents is 1. The Morgan fingerprint density at radius 2 is 2.14 bits per heavy atom. The molecule has 11 heteroatoms. The van der Waals surface area contributed by atoms with E-state index in [0.717, 1.165) is 0 Å². The van der Waals surface area contributed by atoms with E-state index in [9.17, 15) is 22.9 Å². The van der Waals surface area contributed by atoms with Gasteiger partial charge in [0.2, 0.25) is 0 Å². The number of nitroso groups, excluding NO2 is 1. The van der Waals surface area contributed by atoms with Crippen LogP contribution in [0.2, 0.25) is 5.02 Å². The second kappa shape index (κ2) is 7.80. The average molecular weight is 342 g/mol. The minimum atomic E-state index is -4.86. The second-order valence-corrected chi connectivity index (χ2v) is 4.34. The molecule has 0 bridgehead atoms. The number of aromatic hydroxyl groups is 1. The number of rotatable bonds is 6. The lowest BCUT2D eigenvalue weighted by Crippen LogP contribution is -2.38. The molecule has 2 N–H and O–H groups in total. The molecule has 0 atom stereocenters. The van der Waals surface area contributed by atoms with Gasteiger partial charge in [0.05, 0.1) is 18.4 Å². The molecule has 0 fully saturated rings. The standard InChI is InChI=1S/C11H11ClF3N3O4/c12-9-5-8(19)2-1-7(9)6-16-10(20)18(17-21)3-4-22-11(13,14)15/h1-2,5,19H,3-4,6H2,(H,16,20). The van der Waals surface area contributed by atoms with Crippen molar-refractivity contribution in [3.05, 3.63) is 33.7 Å². The quantitative estimate of drug-likeness (QED) is 0.615. The highest BCUT2D eigenvalue weighted by Gasteiger charge is 2.29. The summed E-state index contributed by atoms with van der Waals surface area (Å²) in [6.45, 7) is -1.70. The maximum absolute atomic E-state index is 11.8. The van der Waals surface area contributed by atoms with Gasteiger partial charge < -0.3 is 10.4 Å². The number of nitrogens with zero attached hydrogens (tertiary/aromatic N) is 2. The van der Waals surface area contributed by atoms with Gasteiger partial charge in [0.25, 0.3) is 0 Å². The maximum atomic E-state index is 11.8. The van der Waals surface area contributed by atoms with E-state index in [1.165, 1.54) is 18.2 Å². The normalized spacial score (nSPS) is 11.1. The molecule has 7 nitrogen and oxygen atoms in total. The average Bonchev–Trinajstić information content (AvgIpc) is 2.41. The van der Waals surface area contributed by atoms with Crippen LogP contribution in [-0.2, 0) is 11.3 Å². The van der Waals surface area contributed by atoms with Crippen LogP contribution >= 0.6 is 11.6 Å². The van der Waals surface area contributed by atoms with E-state index in [0.29, 0.717) is 5.56 Å². The van der Waals surface area contributed by atoms with E-state index in [1.807, 2.05) is 0 Å². The number of amides is 2. The van der Waals surface area contributed by atoms with Crippen molar-refractivity contribution in [2.24, 2.45) is 5.29 Å². The highest BCUT2D eigenvalue weighted by molar-refractivity contribution is 6.31. The number of phenols is 1. The number of carbonyl (C=O) groups excluding carboxylic acids is 1. The van der Waals surface area contributed by atoms with Crippen molar-refractivity contribution in [1.82, 2.24) is 10.3 Å². The molecule has 0 unspecified atom stereocenters. The lowest BCUT2D eigenvalue weighted by Gasteiger charge is -2.15. The highest BCUT2D eigenvalue weighted by atomic mass is 35.5. The Labute approximate surface area is 127 Å². The van der Waals surface area contributed by atoms with Crippen LogP contribution in [0, 0.1) is 4.91 Å². The molecule has 2 amide bonds. The number of urea groups is 1. The van der Waals surface area contributed by atoms with Gasteiger partial charge in [-0.1, -0.05) is 17.7 Å². The van der Waals surface area contributed by atoms with Gasteiger partial charge in [-0.05, 0) is 17.7 Å².